The first-order chi connectivity index (χ1) is 13.4. The quantitative estimate of drug-likeness (QED) is 0.475. The maximum atomic E-state index is 12.4. The van der Waals surface area contributed by atoms with Crippen molar-refractivity contribution in [1.82, 2.24) is 9.21 Å². The van der Waals surface area contributed by atoms with Crippen molar-refractivity contribution >= 4 is 25.7 Å². The molecule has 164 valence electrons. The molecule has 29 heavy (non-hydrogen) atoms. The Morgan fingerprint density at radius 2 is 1.66 bits per heavy atom. The summed E-state index contributed by atoms with van der Waals surface area (Å²) in [5.41, 5.74) is 0.257. The van der Waals surface area contributed by atoms with Gasteiger partial charge in [-0.2, -0.15) is 0 Å². The molecule has 0 saturated heterocycles. The van der Waals surface area contributed by atoms with Crippen LogP contribution in [0, 0.1) is 5.92 Å². The molecule has 10 heteroatoms. The number of nitrogens with one attached hydrogen (secondary N) is 1. The Bertz CT molecular complexity index is 916. The van der Waals surface area contributed by atoms with Crippen LogP contribution < -0.4 is 10.5 Å². The topological polar surface area (TPSA) is 113 Å². The van der Waals surface area contributed by atoms with Gasteiger partial charge >= 0.3 is 0 Å². The first kappa shape index (κ1) is 25.3. The van der Waals surface area contributed by atoms with Crippen molar-refractivity contribution in [2.75, 3.05) is 39.0 Å². The summed E-state index contributed by atoms with van der Waals surface area (Å²) in [4.78, 5) is 1.76. The molecule has 0 unspecified atom stereocenters. The van der Waals surface area contributed by atoms with Crippen molar-refractivity contribution in [3.05, 3.63) is 43.5 Å². The number of sulfonamides is 2. The van der Waals surface area contributed by atoms with Gasteiger partial charge in [-0.3, -0.25) is 4.90 Å². The highest BCUT2D eigenvalue weighted by molar-refractivity contribution is 7.90. The molecule has 0 heterocycles. The van der Waals surface area contributed by atoms with E-state index in [1.54, 1.807) is 12.2 Å². The molecule has 0 radical (unpaired) electrons. The second-order valence-electron chi connectivity index (χ2n) is 7.21. The highest BCUT2D eigenvalue weighted by Crippen LogP contribution is 2.26. The van der Waals surface area contributed by atoms with E-state index in [-0.39, 0.29) is 27.4 Å². The van der Waals surface area contributed by atoms with Crippen molar-refractivity contribution in [1.29, 1.82) is 0 Å². The zero-order valence-corrected chi connectivity index (χ0v) is 19.1. The minimum atomic E-state index is -4.14. The highest BCUT2D eigenvalue weighted by Gasteiger charge is 2.24. The molecule has 1 rings (SSSR count). The zero-order valence-electron chi connectivity index (χ0n) is 17.5. The molecule has 0 aromatic heterocycles. The summed E-state index contributed by atoms with van der Waals surface area (Å²) in [7, 11) is -5.19. The third-order valence-electron chi connectivity index (χ3n) is 4.51. The van der Waals surface area contributed by atoms with E-state index in [9.17, 15) is 16.8 Å². The smallest absolute Gasteiger partial charge is 0.242 e. The largest absolute Gasteiger partial charge is 0.382 e. The minimum absolute atomic E-state index is 0.0597. The van der Waals surface area contributed by atoms with E-state index >= 15 is 0 Å². The van der Waals surface area contributed by atoms with Crippen LogP contribution in [0.5, 0.6) is 0 Å². The zero-order chi connectivity index (χ0) is 22.4. The van der Waals surface area contributed by atoms with Gasteiger partial charge in [0.25, 0.3) is 0 Å². The highest BCUT2D eigenvalue weighted by atomic mass is 32.2. The molecule has 1 atom stereocenters. The number of nitrogens with zero attached hydrogens (tertiary/aromatic N) is 2. The van der Waals surface area contributed by atoms with Crippen LogP contribution in [0.1, 0.15) is 13.8 Å². The molecule has 0 fully saturated rings. The average Bonchev–Trinajstić information content (AvgIpc) is 2.60. The van der Waals surface area contributed by atoms with Gasteiger partial charge in [-0.15, -0.1) is 13.2 Å². The van der Waals surface area contributed by atoms with E-state index < -0.39 is 20.0 Å². The van der Waals surface area contributed by atoms with E-state index in [0.717, 1.165) is 10.4 Å². The summed E-state index contributed by atoms with van der Waals surface area (Å²) in [6, 6.07) is 3.94. The van der Waals surface area contributed by atoms with Gasteiger partial charge < -0.3 is 5.32 Å². The van der Waals surface area contributed by atoms with Gasteiger partial charge in [-0.05, 0) is 24.1 Å². The molecular formula is C19H32N4O4S2. The molecule has 8 nitrogen and oxygen atoms in total. The maximum absolute atomic E-state index is 12.4. The number of hydrogen-bond acceptors (Lipinski definition) is 6. The number of anilines is 1. The van der Waals surface area contributed by atoms with Gasteiger partial charge in [0.15, 0.2) is 0 Å². The third-order valence-corrected chi connectivity index (χ3v) is 7.27. The van der Waals surface area contributed by atoms with Crippen LogP contribution in [0.4, 0.5) is 5.69 Å². The van der Waals surface area contributed by atoms with Gasteiger partial charge in [0, 0.05) is 39.8 Å². The Morgan fingerprint density at radius 3 is 2.07 bits per heavy atom. The lowest BCUT2D eigenvalue weighted by Gasteiger charge is -2.33. The van der Waals surface area contributed by atoms with E-state index in [1.165, 1.54) is 26.2 Å². The van der Waals surface area contributed by atoms with Crippen molar-refractivity contribution in [3.63, 3.8) is 0 Å². The molecular weight excluding hydrogens is 412 g/mol. The fraction of sp³-hybridized carbons (Fsp3) is 0.474. The fourth-order valence-corrected chi connectivity index (χ4v) is 4.67. The van der Waals surface area contributed by atoms with Crippen molar-refractivity contribution in [2.24, 2.45) is 11.1 Å². The summed E-state index contributed by atoms with van der Waals surface area (Å²) in [5, 5.41) is 8.48. The van der Waals surface area contributed by atoms with E-state index in [2.05, 4.69) is 37.2 Å². The van der Waals surface area contributed by atoms with Crippen LogP contribution >= 0.6 is 0 Å². The van der Waals surface area contributed by atoms with Crippen LogP contribution in [0.2, 0.25) is 0 Å². The lowest BCUT2D eigenvalue weighted by molar-refractivity contribution is 0.199. The third kappa shape index (κ3) is 6.65. The van der Waals surface area contributed by atoms with Crippen molar-refractivity contribution < 1.29 is 16.8 Å². The Morgan fingerprint density at radius 1 is 1.10 bits per heavy atom. The van der Waals surface area contributed by atoms with Crippen LogP contribution in [-0.4, -0.2) is 65.8 Å². The predicted molar refractivity (Wildman–Crippen MR) is 118 cm³/mol. The number of benzene rings is 1. The average molecular weight is 445 g/mol. The summed E-state index contributed by atoms with van der Waals surface area (Å²) >= 11 is 0. The van der Waals surface area contributed by atoms with Crippen LogP contribution in [-0.2, 0) is 20.0 Å². The molecule has 0 amide bonds. The lowest BCUT2D eigenvalue weighted by atomic mass is 10.0. The number of nitrogens with two attached hydrogens (primary N) is 1. The maximum Gasteiger partial charge on any atom is 0.242 e. The molecule has 0 spiro atoms. The molecule has 1 aromatic carbocycles. The van der Waals surface area contributed by atoms with Crippen molar-refractivity contribution in [3.8, 4) is 0 Å². The van der Waals surface area contributed by atoms with Gasteiger partial charge in [0.05, 0.1) is 10.6 Å². The van der Waals surface area contributed by atoms with Gasteiger partial charge in [0.2, 0.25) is 20.0 Å². The summed E-state index contributed by atoms with van der Waals surface area (Å²) < 4.78 is 49.9. The fourth-order valence-electron chi connectivity index (χ4n) is 2.93. The van der Waals surface area contributed by atoms with E-state index in [1.807, 2.05) is 0 Å². The number of rotatable bonds is 12. The Labute approximate surface area is 175 Å². The molecule has 0 bridgehead atoms. The predicted octanol–water partition coefficient (Wildman–Crippen LogP) is 1.69. The number of primary sulfonamides is 1. The Hall–Kier alpha value is -1.72. The minimum Gasteiger partial charge on any atom is -0.382 e. The second kappa shape index (κ2) is 10.4. The molecule has 0 aliphatic carbocycles. The summed E-state index contributed by atoms with van der Waals surface area (Å²) in [5.74, 6) is 0.258. The first-order valence-corrected chi connectivity index (χ1v) is 12.1. The molecule has 0 aliphatic rings. The molecule has 3 N–H and O–H groups in total. The van der Waals surface area contributed by atoms with Gasteiger partial charge in [-0.25, -0.2) is 26.3 Å². The number of hydrogen-bond donors (Lipinski definition) is 2. The van der Waals surface area contributed by atoms with Crippen LogP contribution in [0.15, 0.2) is 53.3 Å². The van der Waals surface area contributed by atoms with Gasteiger partial charge in [-0.1, -0.05) is 26.0 Å². The lowest BCUT2D eigenvalue weighted by Crippen LogP contribution is -2.44. The van der Waals surface area contributed by atoms with Crippen LogP contribution in [0.25, 0.3) is 0 Å². The Balaban J connectivity index is 3.30. The monoisotopic (exact) mass is 444 g/mol. The first-order valence-electron chi connectivity index (χ1n) is 9.15. The molecule has 1 aromatic rings. The van der Waals surface area contributed by atoms with E-state index in [4.69, 9.17) is 5.14 Å². The van der Waals surface area contributed by atoms with Crippen molar-refractivity contribution in [2.45, 2.75) is 29.7 Å². The standard InChI is InChI=1S/C19H32N4O4S2/c1-7-11-23(12-8-2)18(15(3)4)14-21-17-10-9-16(29(26,27)22(5)6)13-19(17)28(20,24)25/h7-10,13,15,18,21H,1-2,11-12,14H2,3-6H3,(H2,20,24,25)/t18-/m0/s1. The SMILES string of the molecule is C=CCN(CC=C)[C@@H](CNc1ccc(S(=O)(=O)N(C)C)cc1S(N)(=O)=O)C(C)C. The Kier molecular flexibility index (Phi) is 9.04. The second-order valence-corrected chi connectivity index (χ2v) is 10.9. The van der Waals surface area contributed by atoms with Crippen LogP contribution in [0.3, 0.4) is 0 Å². The van der Waals surface area contributed by atoms with Gasteiger partial charge in [0.1, 0.15) is 4.90 Å². The normalized spacial score (nSPS) is 13.7. The van der Waals surface area contributed by atoms with E-state index in [0.29, 0.717) is 19.6 Å². The summed E-state index contributed by atoms with van der Waals surface area (Å²) in [6.45, 7) is 13.4. The molecule has 0 saturated carbocycles. The molecule has 0 aliphatic heterocycles. The summed E-state index contributed by atoms with van der Waals surface area (Å²) in [6.07, 6.45) is 3.60.